The molecule has 0 unspecified atom stereocenters. The molecule has 1 aromatic heterocycles. The number of carbonyl (C=O) groups is 2. The van der Waals surface area contributed by atoms with Gasteiger partial charge in [0.15, 0.2) is 11.5 Å². The van der Waals surface area contributed by atoms with E-state index in [0.717, 1.165) is 0 Å². The van der Waals surface area contributed by atoms with Crippen LogP contribution in [0.25, 0.3) is 0 Å². The SMILES string of the molecule is COC(=O)c1cccc(NC(=O)c2ccc(COc3ccc(F)cc3)o2)c1O. The molecule has 0 atom stereocenters. The van der Waals surface area contributed by atoms with E-state index in [2.05, 4.69) is 10.1 Å². The lowest BCUT2D eigenvalue weighted by atomic mass is 10.1. The zero-order valence-electron chi connectivity index (χ0n) is 14.8. The van der Waals surface area contributed by atoms with E-state index in [1.807, 2.05) is 0 Å². The second-order valence-electron chi connectivity index (χ2n) is 5.66. The highest BCUT2D eigenvalue weighted by molar-refractivity contribution is 6.04. The Kier molecular flexibility index (Phi) is 5.59. The summed E-state index contributed by atoms with van der Waals surface area (Å²) in [7, 11) is 1.19. The van der Waals surface area contributed by atoms with E-state index in [0.29, 0.717) is 11.5 Å². The molecular weight excluding hydrogens is 369 g/mol. The van der Waals surface area contributed by atoms with Gasteiger partial charge < -0.3 is 24.3 Å². The van der Waals surface area contributed by atoms with Gasteiger partial charge in [-0.1, -0.05) is 6.07 Å². The van der Waals surface area contributed by atoms with Gasteiger partial charge in [-0.25, -0.2) is 9.18 Å². The Bertz CT molecular complexity index is 996. The molecule has 28 heavy (non-hydrogen) atoms. The maximum atomic E-state index is 12.9. The van der Waals surface area contributed by atoms with Crippen molar-refractivity contribution in [3.8, 4) is 11.5 Å². The Morgan fingerprint density at radius 3 is 2.57 bits per heavy atom. The molecule has 8 heteroatoms. The highest BCUT2D eigenvalue weighted by Crippen LogP contribution is 2.28. The molecule has 0 aliphatic heterocycles. The number of hydrogen-bond donors (Lipinski definition) is 2. The summed E-state index contributed by atoms with van der Waals surface area (Å²) in [5.41, 5.74) is -0.0402. The minimum Gasteiger partial charge on any atom is -0.505 e. The lowest BCUT2D eigenvalue weighted by Gasteiger charge is -2.09. The number of hydrogen-bond acceptors (Lipinski definition) is 6. The summed E-state index contributed by atoms with van der Waals surface area (Å²) >= 11 is 0. The third kappa shape index (κ3) is 4.29. The number of nitrogens with one attached hydrogen (secondary N) is 1. The van der Waals surface area contributed by atoms with Gasteiger partial charge in [-0.3, -0.25) is 4.79 Å². The second-order valence-corrected chi connectivity index (χ2v) is 5.66. The number of carbonyl (C=O) groups excluding carboxylic acids is 2. The highest BCUT2D eigenvalue weighted by atomic mass is 19.1. The van der Waals surface area contributed by atoms with E-state index in [1.165, 1.54) is 55.6 Å². The molecule has 1 amide bonds. The number of phenolic OH excluding ortho intramolecular Hbond substituents is 1. The molecule has 0 aliphatic carbocycles. The van der Waals surface area contributed by atoms with Crippen LogP contribution in [-0.2, 0) is 11.3 Å². The maximum absolute atomic E-state index is 12.9. The predicted molar refractivity (Wildman–Crippen MR) is 96.8 cm³/mol. The Morgan fingerprint density at radius 1 is 1.11 bits per heavy atom. The molecular formula is C20H16FNO6. The lowest BCUT2D eigenvalue weighted by Crippen LogP contribution is -2.12. The van der Waals surface area contributed by atoms with Gasteiger partial charge in [0.2, 0.25) is 0 Å². The van der Waals surface area contributed by atoms with Crippen molar-refractivity contribution in [2.45, 2.75) is 6.61 Å². The van der Waals surface area contributed by atoms with Gasteiger partial charge in [0.25, 0.3) is 5.91 Å². The number of amides is 1. The van der Waals surface area contributed by atoms with Crippen molar-refractivity contribution >= 4 is 17.6 Å². The summed E-state index contributed by atoms with van der Waals surface area (Å²) in [6, 6.07) is 12.8. The molecule has 1 heterocycles. The fraction of sp³-hybridized carbons (Fsp3) is 0.100. The van der Waals surface area contributed by atoms with E-state index >= 15 is 0 Å². The van der Waals surface area contributed by atoms with Crippen LogP contribution >= 0.6 is 0 Å². The van der Waals surface area contributed by atoms with Crippen LogP contribution in [0.15, 0.2) is 59.0 Å². The molecule has 0 spiro atoms. The molecule has 0 radical (unpaired) electrons. The van der Waals surface area contributed by atoms with Crippen molar-refractivity contribution in [2.24, 2.45) is 0 Å². The summed E-state index contributed by atoms with van der Waals surface area (Å²) in [5, 5.41) is 12.6. The average Bonchev–Trinajstić information content (AvgIpc) is 3.18. The topological polar surface area (TPSA) is 98.0 Å². The van der Waals surface area contributed by atoms with E-state index in [-0.39, 0.29) is 29.4 Å². The van der Waals surface area contributed by atoms with E-state index in [4.69, 9.17) is 9.15 Å². The van der Waals surface area contributed by atoms with Crippen LogP contribution < -0.4 is 10.1 Å². The zero-order chi connectivity index (χ0) is 20.1. The number of para-hydroxylation sites is 1. The Labute approximate surface area is 159 Å². The summed E-state index contributed by atoms with van der Waals surface area (Å²) in [6.07, 6.45) is 0. The largest absolute Gasteiger partial charge is 0.505 e. The summed E-state index contributed by atoms with van der Waals surface area (Å²) < 4.78 is 28.3. The Morgan fingerprint density at radius 2 is 1.86 bits per heavy atom. The van der Waals surface area contributed by atoms with Gasteiger partial charge in [-0.15, -0.1) is 0 Å². The van der Waals surface area contributed by atoms with Gasteiger partial charge in [0.05, 0.1) is 12.8 Å². The molecule has 2 N–H and O–H groups in total. The average molecular weight is 385 g/mol. The van der Waals surface area contributed by atoms with Crippen molar-refractivity contribution in [3.63, 3.8) is 0 Å². The van der Waals surface area contributed by atoms with Gasteiger partial charge >= 0.3 is 5.97 Å². The van der Waals surface area contributed by atoms with Crippen LogP contribution in [0, 0.1) is 5.82 Å². The van der Waals surface area contributed by atoms with Crippen LogP contribution in [0.3, 0.4) is 0 Å². The number of methoxy groups -OCH3 is 1. The van der Waals surface area contributed by atoms with Crippen LogP contribution in [0.4, 0.5) is 10.1 Å². The third-order valence-electron chi connectivity index (χ3n) is 3.77. The maximum Gasteiger partial charge on any atom is 0.341 e. The number of anilines is 1. The summed E-state index contributed by atoms with van der Waals surface area (Å²) in [5.74, 6) is -1.31. The van der Waals surface area contributed by atoms with Crippen molar-refractivity contribution in [1.82, 2.24) is 0 Å². The quantitative estimate of drug-likeness (QED) is 0.495. The van der Waals surface area contributed by atoms with Crippen molar-refractivity contribution in [2.75, 3.05) is 12.4 Å². The fourth-order valence-corrected chi connectivity index (χ4v) is 2.37. The number of aromatic hydroxyl groups is 1. The number of furan rings is 1. The van der Waals surface area contributed by atoms with Gasteiger partial charge in [0.1, 0.15) is 29.5 Å². The number of ether oxygens (including phenoxy) is 2. The normalized spacial score (nSPS) is 10.4. The molecule has 0 saturated carbocycles. The van der Waals surface area contributed by atoms with Crippen molar-refractivity contribution < 1.29 is 33.0 Å². The van der Waals surface area contributed by atoms with Crippen molar-refractivity contribution in [1.29, 1.82) is 0 Å². The third-order valence-corrected chi connectivity index (χ3v) is 3.77. The molecule has 3 rings (SSSR count). The van der Waals surface area contributed by atoms with Gasteiger partial charge in [-0.2, -0.15) is 0 Å². The second kappa shape index (κ2) is 8.26. The first-order valence-corrected chi connectivity index (χ1v) is 8.16. The van der Waals surface area contributed by atoms with Crippen LogP contribution in [0.5, 0.6) is 11.5 Å². The minimum atomic E-state index is -0.730. The number of esters is 1. The Hall–Kier alpha value is -3.81. The zero-order valence-corrected chi connectivity index (χ0v) is 14.8. The van der Waals surface area contributed by atoms with Gasteiger partial charge in [-0.05, 0) is 48.5 Å². The first kappa shape index (κ1) is 19.0. The monoisotopic (exact) mass is 385 g/mol. The smallest absolute Gasteiger partial charge is 0.341 e. The van der Waals surface area contributed by atoms with E-state index in [1.54, 1.807) is 6.07 Å². The van der Waals surface area contributed by atoms with Gasteiger partial charge in [0, 0.05) is 0 Å². The lowest BCUT2D eigenvalue weighted by molar-refractivity contribution is 0.0597. The predicted octanol–water partition coefficient (Wildman–Crippen LogP) is 3.74. The molecule has 3 aromatic rings. The number of phenols is 1. The van der Waals surface area contributed by atoms with Crippen LogP contribution in [0.2, 0.25) is 0 Å². The van der Waals surface area contributed by atoms with Crippen LogP contribution in [-0.4, -0.2) is 24.1 Å². The minimum absolute atomic E-state index is 0.0134. The Balaban J connectivity index is 1.66. The molecule has 0 bridgehead atoms. The molecule has 0 fully saturated rings. The molecule has 2 aromatic carbocycles. The molecule has 144 valence electrons. The molecule has 7 nitrogen and oxygen atoms in total. The molecule has 0 saturated heterocycles. The fourth-order valence-electron chi connectivity index (χ4n) is 2.37. The highest BCUT2D eigenvalue weighted by Gasteiger charge is 2.18. The van der Waals surface area contributed by atoms with Crippen LogP contribution in [0.1, 0.15) is 26.7 Å². The first-order chi connectivity index (χ1) is 13.5. The molecule has 0 aliphatic rings. The summed E-state index contributed by atoms with van der Waals surface area (Å²) in [4.78, 5) is 23.9. The number of rotatable bonds is 6. The van der Waals surface area contributed by atoms with E-state index < -0.39 is 17.6 Å². The number of benzene rings is 2. The first-order valence-electron chi connectivity index (χ1n) is 8.16. The number of halogens is 1. The van der Waals surface area contributed by atoms with Crippen molar-refractivity contribution in [3.05, 3.63) is 77.5 Å². The summed E-state index contributed by atoms with van der Waals surface area (Å²) in [6.45, 7) is 0.0436. The van der Waals surface area contributed by atoms with E-state index in [9.17, 15) is 19.1 Å². The standard InChI is InChI=1S/C20H16FNO6/c1-26-20(25)15-3-2-4-16(18(15)23)22-19(24)17-10-9-14(28-17)11-27-13-7-5-12(21)6-8-13/h2-10,23H,11H2,1H3,(H,22,24).